The van der Waals surface area contributed by atoms with Gasteiger partial charge in [0, 0.05) is 31.5 Å². The first-order valence-corrected chi connectivity index (χ1v) is 8.46. The minimum absolute atomic E-state index is 0.0286. The number of benzene rings is 1. The average Bonchev–Trinajstić information content (AvgIpc) is 3.02. The molecule has 0 radical (unpaired) electrons. The Bertz CT molecular complexity index is 693. The Kier molecular flexibility index (Phi) is 5.00. The van der Waals surface area contributed by atoms with Crippen molar-refractivity contribution < 1.29 is 9.18 Å². The first-order valence-electron chi connectivity index (χ1n) is 8.46. The van der Waals surface area contributed by atoms with Gasteiger partial charge in [-0.3, -0.25) is 9.69 Å². The number of fused-ring (bicyclic) bond motifs is 1. The molecular formula is C19H24FN3O. The van der Waals surface area contributed by atoms with Crippen LogP contribution < -0.4 is 5.32 Å². The highest BCUT2D eigenvalue weighted by atomic mass is 19.1. The van der Waals surface area contributed by atoms with Crippen LogP contribution in [0.5, 0.6) is 0 Å². The molecule has 128 valence electrons. The molecule has 0 saturated heterocycles. The van der Waals surface area contributed by atoms with E-state index in [0.717, 1.165) is 24.3 Å². The SMILES string of the molecule is CC(C)CNC(=O)CN1CCn2cccc2[C@H]1c1ccc(F)cc1. The number of rotatable bonds is 5. The summed E-state index contributed by atoms with van der Waals surface area (Å²) in [6.45, 7) is 6.84. The zero-order chi connectivity index (χ0) is 17.1. The van der Waals surface area contributed by atoms with Crippen molar-refractivity contribution in [2.75, 3.05) is 19.6 Å². The molecule has 1 aromatic heterocycles. The van der Waals surface area contributed by atoms with E-state index in [1.165, 1.54) is 12.1 Å². The second-order valence-electron chi connectivity index (χ2n) is 6.75. The van der Waals surface area contributed by atoms with E-state index in [-0.39, 0.29) is 17.8 Å². The Morgan fingerprint density at radius 1 is 1.25 bits per heavy atom. The Labute approximate surface area is 142 Å². The number of carbonyl (C=O) groups excluding carboxylic acids is 1. The minimum atomic E-state index is -0.244. The van der Waals surface area contributed by atoms with Crippen molar-refractivity contribution in [3.05, 3.63) is 59.7 Å². The van der Waals surface area contributed by atoms with Gasteiger partial charge in [-0.15, -0.1) is 0 Å². The summed E-state index contributed by atoms with van der Waals surface area (Å²) in [5, 5.41) is 2.98. The monoisotopic (exact) mass is 329 g/mol. The van der Waals surface area contributed by atoms with Crippen LogP contribution in [0.4, 0.5) is 4.39 Å². The van der Waals surface area contributed by atoms with E-state index in [2.05, 4.69) is 40.9 Å². The number of aromatic nitrogens is 1. The maximum Gasteiger partial charge on any atom is 0.234 e. The first kappa shape index (κ1) is 16.7. The van der Waals surface area contributed by atoms with E-state index >= 15 is 0 Å². The molecule has 0 unspecified atom stereocenters. The van der Waals surface area contributed by atoms with Crippen molar-refractivity contribution in [3.63, 3.8) is 0 Å². The smallest absolute Gasteiger partial charge is 0.234 e. The summed E-state index contributed by atoms with van der Waals surface area (Å²) in [6.07, 6.45) is 2.06. The molecule has 1 amide bonds. The molecule has 0 aliphatic carbocycles. The van der Waals surface area contributed by atoms with Gasteiger partial charge in [0.2, 0.25) is 5.91 Å². The van der Waals surface area contributed by atoms with Crippen LogP contribution in [0.1, 0.15) is 31.1 Å². The fraction of sp³-hybridized carbons (Fsp3) is 0.421. The van der Waals surface area contributed by atoms with Crippen LogP contribution in [0.25, 0.3) is 0 Å². The molecule has 1 atom stereocenters. The molecule has 1 aromatic carbocycles. The van der Waals surface area contributed by atoms with Crippen LogP contribution in [0, 0.1) is 11.7 Å². The van der Waals surface area contributed by atoms with E-state index < -0.39 is 0 Å². The number of hydrogen-bond donors (Lipinski definition) is 1. The summed E-state index contributed by atoms with van der Waals surface area (Å²) in [4.78, 5) is 14.4. The predicted octanol–water partition coefficient (Wildman–Crippen LogP) is 2.80. The van der Waals surface area contributed by atoms with Crippen molar-refractivity contribution in [2.24, 2.45) is 5.92 Å². The van der Waals surface area contributed by atoms with Crippen LogP contribution in [0.2, 0.25) is 0 Å². The van der Waals surface area contributed by atoms with E-state index in [1.54, 1.807) is 0 Å². The van der Waals surface area contributed by atoms with Crippen LogP contribution in [-0.2, 0) is 11.3 Å². The van der Waals surface area contributed by atoms with Gasteiger partial charge in [0.05, 0.1) is 12.6 Å². The van der Waals surface area contributed by atoms with Crippen molar-refractivity contribution >= 4 is 5.91 Å². The molecule has 24 heavy (non-hydrogen) atoms. The molecule has 2 heterocycles. The minimum Gasteiger partial charge on any atom is -0.355 e. The number of halogens is 1. The molecule has 5 heteroatoms. The highest BCUT2D eigenvalue weighted by molar-refractivity contribution is 5.78. The van der Waals surface area contributed by atoms with Gasteiger partial charge in [-0.1, -0.05) is 26.0 Å². The van der Waals surface area contributed by atoms with Crippen LogP contribution in [0.3, 0.4) is 0 Å². The molecular weight excluding hydrogens is 305 g/mol. The molecule has 1 aliphatic heterocycles. The maximum absolute atomic E-state index is 13.3. The van der Waals surface area contributed by atoms with E-state index in [0.29, 0.717) is 19.0 Å². The van der Waals surface area contributed by atoms with E-state index in [4.69, 9.17) is 0 Å². The van der Waals surface area contributed by atoms with Crippen molar-refractivity contribution in [1.29, 1.82) is 0 Å². The fourth-order valence-corrected chi connectivity index (χ4v) is 3.19. The van der Waals surface area contributed by atoms with Crippen molar-refractivity contribution in [2.45, 2.75) is 26.4 Å². The zero-order valence-electron chi connectivity index (χ0n) is 14.2. The molecule has 4 nitrogen and oxygen atoms in total. The standard InChI is InChI=1S/C19H24FN3O/c1-14(2)12-21-18(24)13-23-11-10-22-9-3-4-17(22)19(23)15-5-7-16(20)8-6-15/h3-9,14,19H,10-13H2,1-2H3,(H,21,24)/t19-/m1/s1. The largest absolute Gasteiger partial charge is 0.355 e. The Hall–Kier alpha value is -2.14. The summed E-state index contributed by atoms with van der Waals surface area (Å²) < 4.78 is 15.5. The third-order valence-electron chi connectivity index (χ3n) is 4.38. The van der Waals surface area contributed by atoms with Gasteiger partial charge in [0.1, 0.15) is 5.82 Å². The lowest BCUT2D eigenvalue weighted by molar-refractivity contribution is -0.123. The lowest BCUT2D eigenvalue weighted by Crippen LogP contribution is -2.44. The summed E-state index contributed by atoms with van der Waals surface area (Å²) in [7, 11) is 0. The second kappa shape index (κ2) is 7.18. The third-order valence-corrected chi connectivity index (χ3v) is 4.38. The van der Waals surface area contributed by atoms with E-state index in [1.807, 2.05) is 18.2 Å². The average molecular weight is 329 g/mol. The van der Waals surface area contributed by atoms with Crippen LogP contribution in [-0.4, -0.2) is 35.0 Å². The maximum atomic E-state index is 13.3. The van der Waals surface area contributed by atoms with Gasteiger partial charge in [-0.05, 0) is 35.7 Å². The normalized spacial score (nSPS) is 17.8. The molecule has 1 aliphatic rings. The number of nitrogens with zero attached hydrogens (tertiary/aromatic N) is 2. The zero-order valence-corrected chi connectivity index (χ0v) is 14.2. The Morgan fingerprint density at radius 2 is 2.00 bits per heavy atom. The molecule has 3 rings (SSSR count). The quantitative estimate of drug-likeness (QED) is 0.916. The number of carbonyl (C=O) groups is 1. The number of nitrogens with one attached hydrogen (secondary N) is 1. The molecule has 0 fully saturated rings. The Morgan fingerprint density at radius 3 is 2.71 bits per heavy atom. The fourth-order valence-electron chi connectivity index (χ4n) is 3.19. The van der Waals surface area contributed by atoms with Gasteiger partial charge < -0.3 is 9.88 Å². The number of amides is 1. The molecule has 2 aromatic rings. The summed E-state index contributed by atoms with van der Waals surface area (Å²) in [5.41, 5.74) is 2.15. The second-order valence-corrected chi connectivity index (χ2v) is 6.75. The van der Waals surface area contributed by atoms with Gasteiger partial charge in [-0.2, -0.15) is 0 Å². The lowest BCUT2D eigenvalue weighted by Gasteiger charge is -2.37. The lowest BCUT2D eigenvalue weighted by atomic mass is 10.00. The summed E-state index contributed by atoms with van der Waals surface area (Å²) in [5.74, 6) is 0.224. The summed E-state index contributed by atoms with van der Waals surface area (Å²) in [6, 6.07) is 10.6. The van der Waals surface area contributed by atoms with Crippen LogP contribution >= 0.6 is 0 Å². The van der Waals surface area contributed by atoms with Crippen LogP contribution in [0.15, 0.2) is 42.6 Å². The van der Waals surface area contributed by atoms with Gasteiger partial charge in [0.15, 0.2) is 0 Å². The molecule has 1 N–H and O–H groups in total. The molecule has 0 spiro atoms. The third kappa shape index (κ3) is 3.67. The Balaban J connectivity index is 1.82. The van der Waals surface area contributed by atoms with Gasteiger partial charge in [-0.25, -0.2) is 4.39 Å². The topological polar surface area (TPSA) is 37.3 Å². The molecule has 0 bridgehead atoms. The van der Waals surface area contributed by atoms with Crippen molar-refractivity contribution in [3.8, 4) is 0 Å². The van der Waals surface area contributed by atoms with Gasteiger partial charge in [0.25, 0.3) is 0 Å². The molecule has 0 saturated carbocycles. The van der Waals surface area contributed by atoms with E-state index in [9.17, 15) is 9.18 Å². The highest BCUT2D eigenvalue weighted by Crippen LogP contribution is 2.32. The predicted molar refractivity (Wildman–Crippen MR) is 92.1 cm³/mol. The highest BCUT2D eigenvalue weighted by Gasteiger charge is 2.29. The first-order chi connectivity index (χ1) is 11.5. The van der Waals surface area contributed by atoms with Gasteiger partial charge >= 0.3 is 0 Å². The summed E-state index contributed by atoms with van der Waals surface area (Å²) >= 11 is 0. The van der Waals surface area contributed by atoms with Crippen molar-refractivity contribution in [1.82, 2.24) is 14.8 Å². The number of hydrogen-bond acceptors (Lipinski definition) is 2.